The van der Waals surface area contributed by atoms with Crippen LogP contribution in [0.1, 0.15) is 53.4 Å². The Balaban J connectivity index is 0.000000423. The van der Waals surface area contributed by atoms with E-state index >= 15 is 0 Å². The molecule has 3 nitrogen and oxygen atoms in total. The Morgan fingerprint density at radius 2 is 1.60 bits per heavy atom. The van der Waals surface area contributed by atoms with Gasteiger partial charge in [0.05, 0.1) is 0 Å². The predicted octanol–water partition coefficient (Wildman–Crippen LogP) is 1.55. The van der Waals surface area contributed by atoms with Gasteiger partial charge in [-0.25, -0.2) is 0 Å². The molecular weight excluding hydrogens is 192 g/mol. The molecular formula is C12H21O3-. The third-order valence-electron chi connectivity index (χ3n) is 2.77. The molecule has 0 amide bonds. The van der Waals surface area contributed by atoms with E-state index in [1.165, 1.54) is 0 Å². The molecule has 0 aromatic heterocycles. The molecule has 0 aromatic rings. The highest BCUT2D eigenvalue weighted by atomic mass is 16.4. The summed E-state index contributed by atoms with van der Waals surface area (Å²) in [4.78, 5) is 19.8. The maximum atomic E-state index is 10.9. The molecule has 0 bridgehead atoms. The van der Waals surface area contributed by atoms with Crippen molar-refractivity contribution in [1.82, 2.24) is 0 Å². The number of carbonyl (C=O) groups is 2. The molecule has 1 rings (SSSR count). The first-order valence-electron chi connectivity index (χ1n) is 5.42. The lowest BCUT2D eigenvalue weighted by Gasteiger charge is -2.33. The van der Waals surface area contributed by atoms with Crippen LogP contribution in [0, 0.1) is 11.3 Å². The Hall–Kier alpha value is -0.860. The number of aliphatic carboxylic acids is 1. The normalized spacial score (nSPS) is 18.0. The van der Waals surface area contributed by atoms with Crippen LogP contribution in [-0.4, -0.2) is 11.8 Å². The van der Waals surface area contributed by atoms with Gasteiger partial charge in [0.2, 0.25) is 0 Å². The number of carbonyl (C=O) groups excluding carboxylic acids is 2. The Morgan fingerprint density at radius 1 is 1.27 bits per heavy atom. The summed E-state index contributed by atoms with van der Waals surface area (Å²) in [7, 11) is 0. The van der Waals surface area contributed by atoms with E-state index in [0.29, 0.717) is 11.2 Å². The predicted molar refractivity (Wildman–Crippen MR) is 57.1 cm³/mol. The lowest BCUT2D eigenvalue weighted by molar-refractivity contribution is -0.302. The number of hydrogen-bond acceptors (Lipinski definition) is 3. The average Bonchev–Trinajstić information content (AvgIpc) is 2.01. The fourth-order valence-electron chi connectivity index (χ4n) is 1.81. The van der Waals surface area contributed by atoms with Gasteiger partial charge >= 0.3 is 0 Å². The zero-order valence-electron chi connectivity index (χ0n) is 10.1. The van der Waals surface area contributed by atoms with Gasteiger partial charge in [0.1, 0.15) is 5.78 Å². The zero-order chi connectivity index (χ0) is 12.1. The summed E-state index contributed by atoms with van der Waals surface area (Å²) in [6, 6.07) is 0. The van der Waals surface area contributed by atoms with Crippen molar-refractivity contribution < 1.29 is 14.7 Å². The average molecular weight is 213 g/mol. The Labute approximate surface area is 91.9 Å². The fourth-order valence-corrected chi connectivity index (χ4v) is 1.81. The van der Waals surface area contributed by atoms with Crippen molar-refractivity contribution in [2.75, 3.05) is 0 Å². The third-order valence-corrected chi connectivity index (χ3v) is 2.77. The molecule has 0 spiro atoms. The van der Waals surface area contributed by atoms with E-state index in [9.17, 15) is 4.79 Å². The number of Topliss-reactive ketones (excluding diaryl/α,β-unsaturated/α-hetero) is 1. The van der Waals surface area contributed by atoms with Gasteiger partial charge in [-0.2, -0.15) is 0 Å². The smallest absolute Gasteiger partial charge is 0.132 e. The second-order valence-corrected chi connectivity index (χ2v) is 5.17. The molecule has 1 fully saturated rings. The summed E-state index contributed by atoms with van der Waals surface area (Å²) in [5.41, 5.74) is 0.403. The van der Waals surface area contributed by atoms with Gasteiger partial charge in [-0.05, 0) is 31.1 Å². The second kappa shape index (κ2) is 5.89. The standard InChI is InChI=1S/C10H18O.C2H4O2/c1-10(2,3)8-4-6-9(11)7-5-8;1-2(3)4/h8H,4-7H2,1-3H3;1H3,(H,3,4)/p-1. The van der Waals surface area contributed by atoms with Gasteiger partial charge in [0.15, 0.2) is 0 Å². The monoisotopic (exact) mass is 213 g/mol. The molecule has 15 heavy (non-hydrogen) atoms. The highest BCUT2D eigenvalue weighted by Gasteiger charge is 2.28. The second-order valence-electron chi connectivity index (χ2n) is 5.17. The Kier molecular flexibility index (Phi) is 5.55. The van der Waals surface area contributed by atoms with E-state index in [1.807, 2.05) is 0 Å². The molecule has 3 heteroatoms. The minimum absolute atomic E-state index is 0.403. The van der Waals surface area contributed by atoms with Crippen LogP contribution in [0.25, 0.3) is 0 Å². The van der Waals surface area contributed by atoms with E-state index in [1.54, 1.807) is 0 Å². The summed E-state index contributed by atoms with van der Waals surface area (Å²) in [6.45, 7) is 7.79. The summed E-state index contributed by atoms with van der Waals surface area (Å²) < 4.78 is 0. The molecule has 0 aromatic carbocycles. The quantitative estimate of drug-likeness (QED) is 0.613. The van der Waals surface area contributed by atoms with Gasteiger partial charge in [0.25, 0.3) is 0 Å². The number of hydrogen-bond donors (Lipinski definition) is 0. The minimum Gasteiger partial charge on any atom is -0.550 e. The topological polar surface area (TPSA) is 57.2 Å². The summed E-state index contributed by atoms with van der Waals surface area (Å²) >= 11 is 0. The van der Waals surface area contributed by atoms with Crippen molar-refractivity contribution in [2.24, 2.45) is 11.3 Å². The molecule has 1 aliphatic carbocycles. The van der Waals surface area contributed by atoms with Gasteiger partial charge < -0.3 is 9.90 Å². The molecule has 0 saturated heterocycles. The van der Waals surface area contributed by atoms with Crippen LogP contribution in [0.4, 0.5) is 0 Å². The first-order valence-corrected chi connectivity index (χ1v) is 5.42. The van der Waals surface area contributed by atoms with Crippen molar-refractivity contribution in [3.63, 3.8) is 0 Å². The summed E-state index contributed by atoms with van der Waals surface area (Å²) in [6.07, 6.45) is 3.87. The van der Waals surface area contributed by atoms with Crippen molar-refractivity contribution in [1.29, 1.82) is 0 Å². The van der Waals surface area contributed by atoms with E-state index < -0.39 is 5.97 Å². The molecule has 0 N–H and O–H groups in total. The maximum Gasteiger partial charge on any atom is 0.132 e. The fraction of sp³-hybridized carbons (Fsp3) is 0.833. The van der Waals surface area contributed by atoms with E-state index in [2.05, 4.69) is 20.8 Å². The minimum atomic E-state index is -1.08. The van der Waals surface area contributed by atoms with Crippen LogP contribution in [-0.2, 0) is 9.59 Å². The highest BCUT2D eigenvalue weighted by molar-refractivity contribution is 5.79. The van der Waals surface area contributed by atoms with Crippen molar-refractivity contribution in [2.45, 2.75) is 53.4 Å². The zero-order valence-corrected chi connectivity index (χ0v) is 10.1. The lowest BCUT2D eigenvalue weighted by Crippen LogP contribution is -2.25. The molecule has 1 saturated carbocycles. The van der Waals surface area contributed by atoms with Gasteiger partial charge in [-0.1, -0.05) is 20.8 Å². The first-order chi connectivity index (χ1) is 6.73. The summed E-state index contributed by atoms with van der Waals surface area (Å²) in [5, 5.41) is 8.89. The number of carboxylic acids is 1. The highest BCUT2D eigenvalue weighted by Crippen LogP contribution is 2.36. The molecule has 0 heterocycles. The molecule has 0 atom stereocenters. The van der Waals surface area contributed by atoms with Gasteiger partial charge in [-0.3, -0.25) is 4.79 Å². The Bertz CT molecular complexity index is 212. The van der Waals surface area contributed by atoms with Gasteiger partial charge in [-0.15, -0.1) is 0 Å². The summed E-state index contributed by atoms with van der Waals surface area (Å²) in [5.74, 6) is 0.144. The van der Waals surface area contributed by atoms with Crippen LogP contribution < -0.4 is 5.11 Å². The third kappa shape index (κ3) is 7.11. The van der Waals surface area contributed by atoms with E-state index in [-0.39, 0.29) is 0 Å². The molecule has 0 aliphatic heterocycles. The van der Waals surface area contributed by atoms with Crippen molar-refractivity contribution in [3.05, 3.63) is 0 Å². The van der Waals surface area contributed by atoms with Crippen LogP contribution in [0.2, 0.25) is 0 Å². The largest absolute Gasteiger partial charge is 0.550 e. The van der Waals surface area contributed by atoms with Crippen molar-refractivity contribution >= 4 is 11.8 Å². The molecule has 0 unspecified atom stereocenters. The van der Waals surface area contributed by atoms with Crippen LogP contribution in [0.15, 0.2) is 0 Å². The van der Waals surface area contributed by atoms with Crippen LogP contribution >= 0.6 is 0 Å². The molecule has 1 aliphatic rings. The number of rotatable bonds is 0. The molecule has 88 valence electrons. The van der Waals surface area contributed by atoms with Crippen LogP contribution in [0.5, 0.6) is 0 Å². The number of ketones is 1. The SMILES string of the molecule is CC(=O)[O-].CC(C)(C)C1CCC(=O)CC1. The lowest BCUT2D eigenvalue weighted by atomic mass is 9.72. The Morgan fingerprint density at radius 3 is 1.87 bits per heavy atom. The first kappa shape index (κ1) is 14.1. The van der Waals surface area contributed by atoms with E-state index in [0.717, 1.165) is 38.5 Å². The van der Waals surface area contributed by atoms with E-state index in [4.69, 9.17) is 9.90 Å². The van der Waals surface area contributed by atoms with Gasteiger partial charge in [0, 0.05) is 18.8 Å². The van der Waals surface area contributed by atoms with Crippen molar-refractivity contribution in [3.8, 4) is 0 Å². The van der Waals surface area contributed by atoms with Crippen LogP contribution in [0.3, 0.4) is 0 Å². The number of carboxylic acid groups (broad SMARTS) is 1. The maximum absolute atomic E-state index is 10.9. The molecule has 0 radical (unpaired) electrons.